The maximum Gasteiger partial charge on any atom is 0.387 e. The maximum absolute atomic E-state index is 13.0. The number of rotatable bonds is 7. The highest BCUT2D eigenvalue weighted by atomic mass is 19.3. The summed E-state index contributed by atoms with van der Waals surface area (Å²) in [4.78, 5) is 25.6. The van der Waals surface area contributed by atoms with Crippen LogP contribution in [-0.4, -0.2) is 24.8 Å². The van der Waals surface area contributed by atoms with Crippen molar-refractivity contribution >= 4 is 11.6 Å². The molecule has 0 aliphatic heterocycles. The van der Waals surface area contributed by atoms with Crippen LogP contribution >= 0.6 is 0 Å². The Morgan fingerprint density at radius 1 is 0.609 bits per heavy atom. The second-order valence-corrected chi connectivity index (χ2v) is 15.1. The minimum atomic E-state index is -2.90. The van der Waals surface area contributed by atoms with Crippen molar-refractivity contribution in [1.82, 2.24) is 0 Å². The molecule has 0 N–H and O–H groups in total. The Morgan fingerprint density at radius 3 is 1.41 bits per heavy atom. The summed E-state index contributed by atoms with van der Waals surface area (Å²) in [6.07, 6.45) is 14.2. The zero-order valence-corrected chi connectivity index (χ0v) is 25.9. The van der Waals surface area contributed by atoms with E-state index in [1.54, 1.807) is 24.3 Å². The Bertz CT molecular complexity index is 1430. The SMILES string of the molecule is FC(F)Oc1ccc(C#CC23CC4CC(CC(C4)C2)C3)cc1.O=C(C(=O)C12CC3CC(CC(C3)C1)C2)c1ccc(OC(F)F)cc1. The van der Waals surface area contributed by atoms with Crippen molar-refractivity contribution < 1.29 is 36.6 Å². The number of hydrogen-bond acceptors (Lipinski definition) is 4. The summed E-state index contributed by atoms with van der Waals surface area (Å²) in [6, 6.07) is 12.1. The topological polar surface area (TPSA) is 52.6 Å². The molecule has 0 saturated heterocycles. The molecule has 4 nitrogen and oxygen atoms in total. The van der Waals surface area contributed by atoms with Gasteiger partial charge in [-0.2, -0.15) is 17.6 Å². The smallest absolute Gasteiger partial charge is 0.387 e. The summed E-state index contributed by atoms with van der Waals surface area (Å²) < 4.78 is 57.3. The van der Waals surface area contributed by atoms with Gasteiger partial charge in [-0.1, -0.05) is 11.8 Å². The van der Waals surface area contributed by atoms with Crippen LogP contribution < -0.4 is 9.47 Å². The molecule has 8 bridgehead atoms. The van der Waals surface area contributed by atoms with Gasteiger partial charge in [-0.3, -0.25) is 9.59 Å². The second-order valence-electron chi connectivity index (χ2n) is 15.1. The van der Waals surface area contributed by atoms with Crippen LogP contribution in [0.5, 0.6) is 11.5 Å². The highest BCUT2D eigenvalue weighted by molar-refractivity contribution is 6.45. The standard InChI is InChI=1S/C19H20F2O3.C19H20F2O/c20-18(21)24-15-3-1-14(2-4-15)16(22)17(23)19-8-11-5-12(9-19)7-13(6-11)10-19;20-18(21)22-17-3-1-13(2-4-17)5-6-19-10-14-7-15(11-19)9-16(8-14)12-19/h1-4,11-13,18H,5-10H2;1-4,14-16,18H,7-12H2. The zero-order chi connectivity index (χ0) is 32.1. The first-order valence-corrected chi connectivity index (χ1v) is 16.8. The Kier molecular flexibility index (Phi) is 8.40. The molecule has 2 aromatic rings. The fourth-order valence-electron chi connectivity index (χ4n) is 10.7. The van der Waals surface area contributed by atoms with Crippen molar-refractivity contribution in [2.75, 3.05) is 0 Å². The third-order valence-corrected chi connectivity index (χ3v) is 11.7. The van der Waals surface area contributed by atoms with Gasteiger partial charge in [0.15, 0.2) is 0 Å². The second kappa shape index (κ2) is 12.4. The van der Waals surface area contributed by atoms with Gasteiger partial charge < -0.3 is 9.47 Å². The predicted molar refractivity (Wildman–Crippen MR) is 164 cm³/mol. The molecule has 8 aliphatic carbocycles. The lowest BCUT2D eigenvalue weighted by atomic mass is 9.48. The first kappa shape index (κ1) is 31.3. The monoisotopic (exact) mass is 636 g/mol. The number of carbonyl (C=O) groups excluding carboxylic acids is 2. The predicted octanol–water partition coefficient (Wildman–Crippen LogP) is 9.11. The van der Waals surface area contributed by atoms with E-state index < -0.39 is 24.4 Å². The van der Waals surface area contributed by atoms with Gasteiger partial charge in [0, 0.05) is 22.0 Å². The number of ketones is 2. The molecule has 0 aromatic heterocycles. The highest BCUT2D eigenvalue weighted by Crippen LogP contribution is 2.61. The number of hydrogen-bond donors (Lipinski definition) is 0. The Hall–Kier alpha value is -3.34. The summed E-state index contributed by atoms with van der Waals surface area (Å²) in [5, 5.41) is 0. The van der Waals surface area contributed by atoms with Crippen molar-refractivity contribution in [2.45, 2.75) is 90.3 Å². The van der Waals surface area contributed by atoms with E-state index in [0.29, 0.717) is 17.8 Å². The maximum atomic E-state index is 13.0. The van der Waals surface area contributed by atoms with Crippen LogP contribution in [0.15, 0.2) is 48.5 Å². The lowest BCUT2D eigenvalue weighted by Crippen LogP contribution is -2.51. The quantitative estimate of drug-likeness (QED) is 0.132. The molecular weight excluding hydrogens is 596 g/mol. The van der Waals surface area contributed by atoms with Gasteiger partial charge >= 0.3 is 13.2 Å². The summed E-state index contributed by atoms with van der Waals surface area (Å²) in [6.45, 7) is -5.68. The normalized spacial score (nSPS) is 34.5. The summed E-state index contributed by atoms with van der Waals surface area (Å²) in [7, 11) is 0. The third kappa shape index (κ3) is 6.57. The first-order chi connectivity index (χ1) is 22.1. The van der Waals surface area contributed by atoms with Crippen LogP contribution in [-0.2, 0) is 4.79 Å². The fraction of sp³-hybridized carbons (Fsp3) is 0.579. The van der Waals surface area contributed by atoms with E-state index >= 15 is 0 Å². The molecule has 0 heterocycles. The lowest BCUT2D eigenvalue weighted by molar-refractivity contribution is -0.138. The number of ether oxygens (including phenoxy) is 2. The van der Waals surface area contributed by atoms with E-state index in [9.17, 15) is 27.2 Å². The number of Topliss-reactive ketones (excluding diaryl/α,β-unsaturated/α-hetero) is 2. The van der Waals surface area contributed by atoms with E-state index in [1.807, 2.05) is 0 Å². The van der Waals surface area contributed by atoms with Crippen molar-refractivity contribution in [1.29, 1.82) is 0 Å². The fourth-order valence-corrected chi connectivity index (χ4v) is 10.7. The molecule has 8 fully saturated rings. The van der Waals surface area contributed by atoms with Crippen molar-refractivity contribution in [3.05, 3.63) is 59.7 Å². The van der Waals surface area contributed by atoms with Crippen LogP contribution in [0, 0.1) is 58.2 Å². The molecule has 46 heavy (non-hydrogen) atoms. The van der Waals surface area contributed by atoms with E-state index in [1.165, 1.54) is 82.1 Å². The minimum Gasteiger partial charge on any atom is -0.435 e. The lowest BCUT2D eigenvalue weighted by Gasteiger charge is -2.55. The average Bonchev–Trinajstić information content (AvgIpc) is 2.99. The Morgan fingerprint density at radius 2 is 1.00 bits per heavy atom. The van der Waals surface area contributed by atoms with Crippen LogP contribution in [0.25, 0.3) is 0 Å². The number of carbonyl (C=O) groups is 2. The van der Waals surface area contributed by atoms with E-state index in [0.717, 1.165) is 42.6 Å². The van der Waals surface area contributed by atoms with Gasteiger partial charge in [-0.25, -0.2) is 0 Å². The largest absolute Gasteiger partial charge is 0.435 e. The molecule has 0 atom stereocenters. The van der Waals surface area contributed by atoms with Crippen molar-refractivity contribution in [3.63, 3.8) is 0 Å². The molecule has 0 amide bonds. The molecule has 8 aliphatic rings. The molecule has 2 aromatic carbocycles. The Balaban J connectivity index is 0.000000147. The van der Waals surface area contributed by atoms with Gasteiger partial charge in [-0.05, 0) is 161 Å². The average molecular weight is 637 g/mol. The molecule has 0 unspecified atom stereocenters. The molecular formula is C38H40F4O4. The van der Waals surface area contributed by atoms with Gasteiger partial charge in [0.25, 0.3) is 0 Å². The number of benzene rings is 2. The van der Waals surface area contributed by atoms with E-state index in [-0.39, 0.29) is 28.3 Å². The van der Waals surface area contributed by atoms with Gasteiger partial charge in [0.05, 0.1) is 0 Å². The molecule has 8 saturated carbocycles. The number of alkyl halides is 4. The molecule has 10 rings (SSSR count). The first-order valence-electron chi connectivity index (χ1n) is 16.8. The molecule has 0 spiro atoms. The van der Waals surface area contributed by atoms with Gasteiger partial charge in [0.1, 0.15) is 11.5 Å². The Labute approximate surface area is 267 Å². The van der Waals surface area contributed by atoms with Crippen LogP contribution in [0.1, 0.15) is 93.0 Å². The third-order valence-electron chi connectivity index (χ3n) is 11.7. The molecule has 244 valence electrons. The van der Waals surface area contributed by atoms with E-state index in [4.69, 9.17) is 0 Å². The highest BCUT2D eigenvalue weighted by Gasteiger charge is 2.56. The zero-order valence-electron chi connectivity index (χ0n) is 25.9. The minimum absolute atomic E-state index is 0.0104. The van der Waals surface area contributed by atoms with Gasteiger partial charge in [0.2, 0.25) is 11.6 Å². The molecule has 0 radical (unpaired) electrons. The van der Waals surface area contributed by atoms with E-state index in [2.05, 4.69) is 21.3 Å². The molecule has 8 heteroatoms. The van der Waals surface area contributed by atoms with Crippen LogP contribution in [0.4, 0.5) is 17.6 Å². The summed E-state index contributed by atoms with van der Waals surface area (Å²) >= 11 is 0. The van der Waals surface area contributed by atoms with Crippen molar-refractivity contribution in [2.24, 2.45) is 46.3 Å². The number of halogens is 4. The van der Waals surface area contributed by atoms with Crippen LogP contribution in [0.3, 0.4) is 0 Å². The van der Waals surface area contributed by atoms with Crippen molar-refractivity contribution in [3.8, 4) is 23.3 Å². The summed E-state index contributed by atoms with van der Waals surface area (Å²) in [5.41, 5.74) is 0.909. The summed E-state index contributed by atoms with van der Waals surface area (Å²) in [5.74, 6) is 10.7. The van der Waals surface area contributed by atoms with Gasteiger partial charge in [-0.15, -0.1) is 0 Å². The van der Waals surface area contributed by atoms with Crippen LogP contribution in [0.2, 0.25) is 0 Å².